The lowest BCUT2D eigenvalue weighted by atomic mass is 9.74. The lowest BCUT2D eigenvalue weighted by molar-refractivity contribution is -0.127. The fourth-order valence-corrected chi connectivity index (χ4v) is 2.84. The van der Waals surface area contributed by atoms with Gasteiger partial charge in [0.15, 0.2) is 0 Å². The highest BCUT2D eigenvalue weighted by Crippen LogP contribution is 2.44. The number of nitrogens with zero attached hydrogens (tertiary/aromatic N) is 3. The molecule has 0 saturated heterocycles. The summed E-state index contributed by atoms with van der Waals surface area (Å²) in [5, 5.41) is 7.98. The number of nitrogens with two attached hydrogens (primary N) is 1. The second-order valence-electron chi connectivity index (χ2n) is 5.53. The first-order valence-corrected chi connectivity index (χ1v) is 6.66. The van der Waals surface area contributed by atoms with Gasteiger partial charge in [-0.2, -0.15) is 0 Å². The van der Waals surface area contributed by atoms with Crippen LogP contribution in [0.3, 0.4) is 0 Å². The van der Waals surface area contributed by atoms with Crippen molar-refractivity contribution in [2.24, 2.45) is 5.73 Å². The van der Waals surface area contributed by atoms with Crippen LogP contribution in [-0.2, 0) is 6.54 Å². The van der Waals surface area contributed by atoms with Crippen molar-refractivity contribution >= 4 is 11.6 Å². The van der Waals surface area contributed by atoms with E-state index in [1.807, 2.05) is 0 Å². The van der Waals surface area contributed by atoms with E-state index >= 15 is 0 Å². The Morgan fingerprint density at radius 2 is 2.00 bits per heavy atom. The number of rotatable bonds is 3. The van der Waals surface area contributed by atoms with Crippen LogP contribution in [0.2, 0.25) is 5.02 Å². The van der Waals surface area contributed by atoms with Gasteiger partial charge in [0.05, 0.1) is 12.7 Å². The van der Waals surface area contributed by atoms with E-state index in [0.29, 0.717) is 11.3 Å². The van der Waals surface area contributed by atoms with Crippen LogP contribution in [0.4, 0.5) is 13.2 Å². The quantitative estimate of drug-likeness (QED) is 0.947. The van der Waals surface area contributed by atoms with E-state index in [9.17, 15) is 13.2 Å². The van der Waals surface area contributed by atoms with Gasteiger partial charge in [0.1, 0.15) is 11.5 Å². The molecule has 1 aliphatic carbocycles. The number of alkyl halides is 2. The van der Waals surface area contributed by atoms with Gasteiger partial charge >= 0.3 is 0 Å². The summed E-state index contributed by atoms with van der Waals surface area (Å²) >= 11 is 5.78. The van der Waals surface area contributed by atoms with E-state index in [4.69, 9.17) is 17.3 Å². The first kappa shape index (κ1) is 14.3. The molecule has 0 aliphatic heterocycles. The summed E-state index contributed by atoms with van der Waals surface area (Å²) in [5.74, 6) is -3.19. The molecule has 21 heavy (non-hydrogen) atoms. The normalized spacial score (nSPS) is 19.3. The lowest BCUT2D eigenvalue weighted by Gasteiger charge is -2.44. The summed E-state index contributed by atoms with van der Waals surface area (Å²) in [6.45, 7) is 0.138. The first-order valence-electron chi connectivity index (χ1n) is 6.28. The van der Waals surface area contributed by atoms with Gasteiger partial charge in [-0.25, -0.2) is 13.2 Å². The van der Waals surface area contributed by atoms with Crippen LogP contribution >= 0.6 is 11.6 Å². The number of hydrogen-bond acceptors (Lipinski definition) is 3. The zero-order chi connectivity index (χ0) is 15.3. The van der Waals surface area contributed by atoms with Crippen molar-refractivity contribution in [3.63, 3.8) is 0 Å². The highest BCUT2D eigenvalue weighted by atomic mass is 35.5. The minimum Gasteiger partial charge on any atom is -0.323 e. The Hall–Kier alpha value is -1.60. The zero-order valence-electron chi connectivity index (χ0n) is 10.9. The molecule has 1 saturated carbocycles. The highest BCUT2D eigenvalue weighted by molar-refractivity contribution is 6.30. The number of aromatic nitrogens is 3. The predicted molar refractivity (Wildman–Crippen MR) is 71.5 cm³/mol. The van der Waals surface area contributed by atoms with Gasteiger partial charge < -0.3 is 5.73 Å². The summed E-state index contributed by atoms with van der Waals surface area (Å²) in [7, 11) is 0. The summed E-state index contributed by atoms with van der Waals surface area (Å²) in [4.78, 5) is 0. The molecule has 1 fully saturated rings. The maximum Gasteiger partial charge on any atom is 0.251 e. The Morgan fingerprint density at radius 3 is 2.62 bits per heavy atom. The molecule has 0 spiro atoms. The van der Waals surface area contributed by atoms with E-state index in [-0.39, 0.29) is 24.4 Å². The van der Waals surface area contributed by atoms with E-state index in [2.05, 4.69) is 10.3 Å². The minimum atomic E-state index is -2.70. The standard InChI is InChI=1S/C13H12ClF3N4/c14-9-1-8(2-10(15)3-9)11-4-21(20-19-11)7-12(18)5-13(16,17)6-12/h1-4H,5-7,18H2. The van der Waals surface area contributed by atoms with E-state index < -0.39 is 17.3 Å². The second kappa shape index (κ2) is 4.71. The smallest absolute Gasteiger partial charge is 0.251 e. The molecular formula is C13H12ClF3N4. The molecule has 4 nitrogen and oxygen atoms in total. The molecule has 1 aromatic heterocycles. The van der Waals surface area contributed by atoms with Gasteiger partial charge in [-0.05, 0) is 18.2 Å². The van der Waals surface area contributed by atoms with Gasteiger partial charge in [-0.3, -0.25) is 4.68 Å². The van der Waals surface area contributed by atoms with Crippen LogP contribution in [-0.4, -0.2) is 26.5 Å². The molecule has 2 N–H and O–H groups in total. The largest absolute Gasteiger partial charge is 0.323 e. The Kier molecular flexibility index (Phi) is 3.22. The van der Waals surface area contributed by atoms with Crippen LogP contribution < -0.4 is 5.73 Å². The van der Waals surface area contributed by atoms with Gasteiger partial charge in [-0.1, -0.05) is 16.8 Å². The average molecular weight is 317 g/mol. The van der Waals surface area contributed by atoms with E-state index in [0.717, 1.165) is 0 Å². The molecule has 0 atom stereocenters. The summed E-state index contributed by atoms with van der Waals surface area (Å²) in [6.07, 6.45) is 0.790. The molecule has 112 valence electrons. The molecule has 1 heterocycles. The Bertz CT molecular complexity index is 658. The van der Waals surface area contributed by atoms with Gasteiger partial charge in [-0.15, -0.1) is 5.10 Å². The van der Waals surface area contributed by atoms with Gasteiger partial charge in [0, 0.05) is 29.0 Å². The third-order valence-electron chi connectivity index (χ3n) is 3.40. The second-order valence-corrected chi connectivity index (χ2v) is 5.97. The Labute approximate surface area is 123 Å². The number of hydrogen-bond donors (Lipinski definition) is 1. The molecule has 8 heteroatoms. The van der Waals surface area contributed by atoms with Crippen LogP contribution in [0, 0.1) is 5.82 Å². The maximum absolute atomic E-state index is 13.3. The van der Waals surface area contributed by atoms with Crippen molar-refractivity contribution in [1.29, 1.82) is 0 Å². The highest BCUT2D eigenvalue weighted by Gasteiger charge is 2.54. The van der Waals surface area contributed by atoms with Crippen molar-refractivity contribution < 1.29 is 13.2 Å². The summed E-state index contributed by atoms with van der Waals surface area (Å²) in [6, 6.07) is 4.01. The van der Waals surface area contributed by atoms with Crippen molar-refractivity contribution in [2.75, 3.05) is 0 Å². The zero-order valence-corrected chi connectivity index (χ0v) is 11.6. The SMILES string of the molecule is NC1(Cn2cc(-c3cc(F)cc(Cl)c3)nn2)CC(F)(F)C1. The van der Waals surface area contributed by atoms with E-state index in [1.54, 1.807) is 6.07 Å². The average Bonchev–Trinajstić information content (AvgIpc) is 2.72. The van der Waals surface area contributed by atoms with Crippen LogP contribution in [0.15, 0.2) is 24.4 Å². The molecule has 2 aromatic rings. The molecule has 0 amide bonds. The molecule has 0 radical (unpaired) electrons. The third kappa shape index (κ3) is 3.03. The van der Waals surface area contributed by atoms with Gasteiger partial charge in [0.2, 0.25) is 0 Å². The first-order chi connectivity index (χ1) is 9.75. The fraction of sp³-hybridized carbons (Fsp3) is 0.385. The van der Waals surface area contributed by atoms with Crippen molar-refractivity contribution in [1.82, 2.24) is 15.0 Å². The fourth-order valence-electron chi connectivity index (χ4n) is 2.62. The van der Waals surface area contributed by atoms with Crippen LogP contribution in [0.1, 0.15) is 12.8 Å². The Morgan fingerprint density at radius 1 is 1.29 bits per heavy atom. The Balaban J connectivity index is 1.78. The molecular weight excluding hydrogens is 305 g/mol. The molecule has 0 bridgehead atoms. The lowest BCUT2D eigenvalue weighted by Crippen LogP contribution is -2.60. The molecule has 0 unspecified atom stereocenters. The van der Waals surface area contributed by atoms with Crippen LogP contribution in [0.5, 0.6) is 0 Å². The summed E-state index contributed by atoms with van der Waals surface area (Å²) in [5.41, 5.74) is 5.76. The number of benzene rings is 1. The topological polar surface area (TPSA) is 56.7 Å². The van der Waals surface area contributed by atoms with E-state index in [1.165, 1.54) is 23.0 Å². The third-order valence-corrected chi connectivity index (χ3v) is 3.61. The monoisotopic (exact) mass is 316 g/mol. The molecule has 1 aromatic carbocycles. The van der Waals surface area contributed by atoms with Gasteiger partial charge in [0.25, 0.3) is 5.92 Å². The maximum atomic E-state index is 13.3. The van der Waals surface area contributed by atoms with Crippen LogP contribution in [0.25, 0.3) is 11.3 Å². The number of halogens is 4. The molecule has 1 aliphatic rings. The summed E-state index contributed by atoms with van der Waals surface area (Å²) < 4.78 is 40.5. The van der Waals surface area contributed by atoms with Crippen molar-refractivity contribution in [2.45, 2.75) is 30.8 Å². The van der Waals surface area contributed by atoms with Crippen molar-refractivity contribution in [3.05, 3.63) is 35.2 Å². The van der Waals surface area contributed by atoms with Crippen molar-refractivity contribution in [3.8, 4) is 11.3 Å². The minimum absolute atomic E-state index is 0.138. The predicted octanol–water partition coefficient (Wildman–Crippen LogP) is 2.86. The molecule has 3 rings (SSSR count).